The molecule has 1 aromatic carbocycles. The molecule has 0 radical (unpaired) electrons. The Morgan fingerprint density at radius 2 is 1.95 bits per heavy atom. The Morgan fingerprint density at radius 1 is 1.32 bits per heavy atom. The number of carbonyl (C=O) groups is 1. The van der Waals surface area contributed by atoms with Gasteiger partial charge in [-0.15, -0.1) is 0 Å². The standard InChI is InChI=1S/C13H16NO.3CH3.Sn/c1-10(15)14-8-11-6-4-5-7-12(11)13(2,3)9-14;;;;/h4-7H,2,8-9H2,1,3H3;3*1H3;. The van der Waals surface area contributed by atoms with Gasteiger partial charge >= 0.3 is 121 Å². The predicted octanol–water partition coefficient (Wildman–Crippen LogP) is 3.64. The average molecular weight is 366 g/mol. The summed E-state index contributed by atoms with van der Waals surface area (Å²) in [7, 11) is 0. The van der Waals surface area contributed by atoms with E-state index in [1.165, 1.54) is 15.6 Å². The molecule has 19 heavy (non-hydrogen) atoms. The first-order chi connectivity index (χ1) is 8.71. The van der Waals surface area contributed by atoms with Gasteiger partial charge in [0.2, 0.25) is 0 Å². The minimum atomic E-state index is -1.92. The normalized spacial score (nSPS) is 23.1. The summed E-state index contributed by atoms with van der Waals surface area (Å²) in [6.45, 7) is 5.70. The number of fused-ring (bicyclic) bond motifs is 1. The van der Waals surface area contributed by atoms with Crippen LogP contribution < -0.4 is 0 Å². The van der Waals surface area contributed by atoms with Crippen molar-refractivity contribution in [1.82, 2.24) is 4.90 Å². The zero-order valence-corrected chi connectivity index (χ0v) is 15.6. The number of hydrogen-bond acceptors (Lipinski definition) is 1. The predicted molar refractivity (Wildman–Crippen MR) is 83.0 cm³/mol. The molecule has 104 valence electrons. The Kier molecular flexibility index (Phi) is 4.01. The molecule has 3 heteroatoms. The molecule has 0 spiro atoms. The van der Waals surface area contributed by atoms with Crippen LogP contribution in [0.1, 0.15) is 25.0 Å². The maximum atomic E-state index is 11.8. The van der Waals surface area contributed by atoms with Gasteiger partial charge in [-0.25, -0.2) is 0 Å². The molecular weight excluding hydrogens is 341 g/mol. The van der Waals surface area contributed by atoms with Gasteiger partial charge in [0.25, 0.3) is 0 Å². The summed E-state index contributed by atoms with van der Waals surface area (Å²) in [6.07, 6.45) is 0. The Labute approximate surface area is 121 Å². The van der Waals surface area contributed by atoms with E-state index in [-0.39, 0.29) is 11.3 Å². The zero-order valence-electron chi connectivity index (χ0n) is 12.8. The van der Waals surface area contributed by atoms with Gasteiger partial charge in [0.05, 0.1) is 0 Å². The molecule has 1 heterocycles. The van der Waals surface area contributed by atoms with E-state index >= 15 is 0 Å². The topological polar surface area (TPSA) is 20.3 Å². The fraction of sp³-hybridized carbons (Fsp3) is 0.562. The first-order valence-electron chi connectivity index (χ1n) is 7.05. The van der Waals surface area contributed by atoms with E-state index in [1.54, 1.807) is 6.92 Å². The second-order valence-electron chi connectivity index (χ2n) is 7.33. The van der Waals surface area contributed by atoms with E-state index in [9.17, 15) is 4.79 Å². The maximum absolute atomic E-state index is 11.8. The SMILES string of the molecule is CC(=O)N1Cc2ccccc2C(C)([CH2][Sn]([CH3])([CH3])[CH3])C1. The third-order valence-corrected chi connectivity index (χ3v) is 9.19. The van der Waals surface area contributed by atoms with E-state index in [1.807, 2.05) is 4.90 Å². The van der Waals surface area contributed by atoms with Crippen LogP contribution in [0.3, 0.4) is 0 Å². The van der Waals surface area contributed by atoms with Gasteiger partial charge in [-0.1, -0.05) is 0 Å². The van der Waals surface area contributed by atoms with Gasteiger partial charge in [0.15, 0.2) is 0 Å². The Morgan fingerprint density at radius 3 is 2.53 bits per heavy atom. The molecule has 0 N–H and O–H groups in total. The third kappa shape index (κ3) is 3.33. The second kappa shape index (κ2) is 5.12. The molecule has 1 amide bonds. The van der Waals surface area contributed by atoms with Crippen molar-refractivity contribution in [3.8, 4) is 0 Å². The Bertz CT molecular complexity index is 492. The summed E-state index contributed by atoms with van der Waals surface area (Å²) < 4.78 is 1.29. The van der Waals surface area contributed by atoms with Crippen LogP contribution >= 0.6 is 0 Å². The number of hydrogen-bond donors (Lipinski definition) is 0. The van der Waals surface area contributed by atoms with E-state index in [4.69, 9.17) is 0 Å². The van der Waals surface area contributed by atoms with E-state index in [2.05, 4.69) is 46.0 Å². The number of amides is 1. The third-order valence-electron chi connectivity index (χ3n) is 3.93. The van der Waals surface area contributed by atoms with Gasteiger partial charge in [0.1, 0.15) is 0 Å². The molecule has 0 fully saturated rings. The molecule has 2 nitrogen and oxygen atoms in total. The second-order valence-corrected chi connectivity index (χ2v) is 23.0. The molecule has 0 saturated carbocycles. The van der Waals surface area contributed by atoms with Crippen molar-refractivity contribution in [2.45, 2.75) is 45.1 Å². The molecule has 0 aromatic heterocycles. The number of carbonyl (C=O) groups excluding carboxylic acids is 1. The minimum absolute atomic E-state index is 0.148. The van der Waals surface area contributed by atoms with Crippen LogP contribution in [0.5, 0.6) is 0 Å². The molecule has 2 rings (SSSR count). The average Bonchev–Trinajstić information content (AvgIpc) is 2.26. The first-order valence-corrected chi connectivity index (χ1v) is 17.6. The summed E-state index contributed by atoms with van der Waals surface area (Å²) in [5, 5.41) is 0. The Balaban J connectivity index is 2.44. The van der Waals surface area contributed by atoms with Crippen molar-refractivity contribution in [2.24, 2.45) is 0 Å². The summed E-state index contributed by atoms with van der Waals surface area (Å²) >= 11 is -1.92. The molecular formula is C16H25NOSn. The van der Waals surface area contributed by atoms with Crippen LogP contribution in [-0.4, -0.2) is 35.7 Å². The van der Waals surface area contributed by atoms with E-state index in [0.717, 1.165) is 13.1 Å². The van der Waals surface area contributed by atoms with Crippen LogP contribution in [-0.2, 0) is 16.8 Å². The molecule has 1 unspecified atom stereocenters. The molecule has 1 atom stereocenters. The number of rotatable bonds is 2. The number of nitrogens with zero attached hydrogens (tertiary/aromatic N) is 1. The van der Waals surface area contributed by atoms with Crippen molar-refractivity contribution in [2.75, 3.05) is 6.54 Å². The van der Waals surface area contributed by atoms with Crippen LogP contribution in [0.4, 0.5) is 0 Å². The van der Waals surface area contributed by atoms with Gasteiger partial charge < -0.3 is 0 Å². The molecule has 1 aliphatic heterocycles. The molecule has 0 bridgehead atoms. The van der Waals surface area contributed by atoms with Crippen molar-refractivity contribution in [1.29, 1.82) is 0 Å². The molecule has 1 aromatic rings. The fourth-order valence-electron chi connectivity index (χ4n) is 3.56. The van der Waals surface area contributed by atoms with Crippen LogP contribution in [0, 0.1) is 0 Å². The van der Waals surface area contributed by atoms with Crippen LogP contribution in [0.2, 0.25) is 19.3 Å². The number of benzene rings is 1. The Hall–Kier alpha value is -0.511. The van der Waals surface area contributed by atoms with Gasteiger partial charge in [-0.3, -0.25) is 0 Å². The van der Waals surface area contributed by atoms with Gasteiger partial charge in [-0.05, 0) is 0 Å². The van der Waals surface area contributed by atoms with Crippen LogP contribution in [0.15, 0.2) is 24.3 Å². The summed E-state index contributed by atoms with van der Waals surface area (Å²) in [5.74, 6) is 0.199. The van der Waals surface area contributed by atoms with Gasteiger partial charge in [-0.2, -0.15) is 0 Å². The fourth-order valence-corrected chi connectivity index (χ4v) is 11.1. The van der Waals surface area contributed by atoms with Crippen molar-refractivity contribution >= 4 is 24.3 Å². The summed E-state index contributed by atoms with van der Waals surface area (Å²) in [6, 6.07) is 8.67. The monoisotopic (exact) mass is 367 g/mol. The quantitative estimate of drug-likeness (QED) is 0.732. The van der Waals surface area contributed by atoms with Crippen LogP contribution in [0.25, 0.3) is 0 Å². The summed E-state index contributed by atoms with van der Waals surface area (Å²) in [5.41, 5.74) is 2.95. The van der Waals surface area contributed by atoms with E-state index in [0.29, 0.717) is 0 Å². The van der Waals surface area contributed by atoms with Crippen molar-refractivity contribution in [3.63, 3.8) is 0 Å². The molecule has 0 saturated heterocycles. The first kappa shape index (κ1) is 14.9. The zero-order chi connectivity index (χ0) is 14.3. The van der Waals surface area contributed by atoms with Crippen molar-refractivity contribution in [3.05, 3.63) is 35.4 Å². The molecule has 0 aliphatic carbocycles. The van der Waals surface area contributed by atoms with Gasteiger partial charge in [0, 0.05) is 0 Å². The van der Waals surface area contributed by atoms with E-state index < -0.39 is 18.4 Å². The summed E-state index contributed by atoms with van der Waals surface area (Å²) in [4.78, 5) is 21.3. The van der Waals surface area contributed by atoms with Crippen molar-refractivity contribution < 1.29 is 4.79 Å². The molecule has 1 aliphatic rings.